The third-order valence-corrected chi connectivity index (χ3v) is 5.34. The van der Waals surface area contributed by atoms with E-state index in [2.05, 4.69) is 49.4 Å². The van der Waals surface area contributed by atoms with Gasteiger partial charge in [-0.3, -0.25) is 9.69 Å². The molecule has 148 valence electrons. The van der Waals surface area contributed by atoms with Crippen LogP contribution in [0.2, 0.25) is 0 Å². The molecule has 0 saturated carbocycles. The second-order valence-corrected chi connectivity index (χ2v) is 7.36. The summed E-state index contributed by atoms with van der Waals surface area (Å²) >= 11 is 0. The van der Waals surface area contributed by atoms with Gasteiger partial charge in [0.1, 0.15) is 17.8 Å². The molecule has 2 saturated heterocycles. The van der Waals surface area contributed by atoms with Gasteiger partial charge in [0, 0.05) is 51.9 Å². The number of carbonyl (C=O) groups is 1. The van der Waals surface area contributed by atoms with Crippen molar-refractivity contribution in [2.45, 2.75) is 25.5 Å². The van der Waals surface area contributed by atoms with Gasteiger partial charge in [-0.15, -0.1) is 0 Å². The van der Waals surface area contributed by atoms with Gasteiger partial charge in [-0.25, -0.2) is 9.97 Å². The van der Waals surface area contributed by atoms with Gasteiger partial charge in [0.05, 0.1) is 6.10 Å². The molecule has 2 aromatic rings. The second kappa shape index (κ2) is 9.12. The number of ether oxygens (including phenoxy) is 1. The number of carbonyl (C=O) groups excluding carboxylic acids is 1. The number of benzene rings is 1. The summed E-state index contributed by atoms with van der Waals surface area (Å²) in [6.07, 6.45) is 3.67. The minimum Gasteiger partial charge on any atom is -0.376 e. The Balaban J connectivity index is 1.30. The lowest BCUT2D eigenvalue weighted by Crippen LogP contribution is -2.46. The van der Waals surface area contributed by atoms with Crippen LogP contribution in [-0.4, -0.2) is 66.2 Å². The van der Waals surface area contributed by atoms with E-state index in [0.29, 0.717) is 12.2 Å². The summed E-state index contributed by atoms with van der Waals surface area (Å²) in [6, 6.07) is 12.3. The lowest BCUT2D eigenvalue weighted by Gasteiger charge is -2.35. The van der Waals surface area contributed by atoms with Crippen LogP contribution in [0.15, 0.2) is 42.7 Å². The highest BCUT2D eigenvalue weighted by Crippen LogP contribution is 2.16. The number of nitrogens with one attached hydrogen (secondary N) is 1. The molecule has 0 bridgehead atoms. The van der Waals surface area contributed by atoms with Crippen LogP contribution in [-0.2, 0) is 11.3 Å². The van der Waals surface area contributed by atoms with Gasteiger partial charge in [-0.05, 0) is 18.4 Å². The van der Waals surface area contributed by atoms with Crippen LogP contribution >= 0.6 is 0 Å². The molecule has 2 aliphatic heterocycles. The summed E-state index contributed by atoms with van der Waals surface area (Å²) in [4.78, 5) is 25.6. The van der Waals surface area contributed by atoms with Gasteiger partial charge in [-0.2, -0.15) is 0 Å². The van der Waals surface area contributed by atoms with Gasteiger partial charge >= 0.3 is 0 Å². The van der Waals surface area contributed by atoms with Gasteiger partial charge < -0.3 is 15.0 Å². The number of hydrogen-bond acceptors (Lipinski definition) is 6. The first-order valence-corrected chi connectivity index (χ1v) is 10.0. The second-order valence-electron chi connectivity index (χ2n) is 7.36. The Labute approximate surface area is 165 Å². The van der Waals surface area contributed by atoms with Crippen molar-refractivity contribution in [1.29, 1.82) is 0 Å². The summed E-state index contributed by atoms with van der Waals surface area (Å²) < 4.78 is 5.55. The number of anilines is 1. The molecule has 1 aromatic carbocycles. The fourth-order valence-corrected chi connectivity index (χ4v) is 3.72. The molecular formula is C21H27N5O2. The van der Waals surface area contributed by atoms with Crippen LogP contribution in [0.25, 0.3) is 0 Å². The van der Waals surface area contributed by atoms with Crippen LogP contribution in [0.3, 0.4) is 0 Å². The Bertz CT molecular complexity index is 771. The van der Waals surface area contributed by atoms with E-state index in [1.165, 1.54) is 11.9 Å². The molecule has 1 amide bonds. The largest absolute Gasteiger partial charge is 0.376 e. The standard InChI is InChI=1S/C21H27N5O2/c27-21(22-14-18-7-4-12-28-18)19-13-20(24-16-23-19)26-10-8-25(9-11-26)15-17-5-2-1-3-6-17/h1-3,5-6,13,16,18H,4,7-12,14-15H2,(H,22,27). The predicted molar refractivity (Wildman–Crippen MR) is 107 cm³/mol. The zero-order valence-electron chi connectivity index (χ0n) is 16.1. The predicted octanol–water partition coefficient (Wildman–Crippen LogP) is 1.71. The quantitative estimate of drug-likeness (QED) is 0.821. The molecule has 7 heteroatoms. The van der Waals surface area contributed by atoms with E-state index < -0.39 is 0 Å². The maximum atomic E-state index is 12.4. The summed E-state index contributed by atoms with van der Waals surface area (Å²) in [5.74, 6) is 0.651. The molecule has 0 radical (unpaired) electrons. The van der Waals surface area contributed by atoms with Crippen molar-refractivity contribution in [1.82, 2.24) is 20.2 Å². The highest BCUT2D eigenvalue weighted by Gasteiger charge is 2.21. The molecule has 2 fully saturated rings. The van der Waals surface area contributed by atoms with E-state index in [4.69, 9.17) is 4.74 Å². The van der Waals surface area contributed by atoms with Gasteiger partial charge in [0.25, 0.3) is 5.91 Å². The highest BCUT2D eigenvalue weighted by molar-refractivity contribution is 5.92. The highest BCUT2D eigenvalue weighted by atomic mass is 16.5. The Hall–Kier alpha value is -2.51. The molecular weight excluding hydrogens is 354 g/mol. The van der Waals surface area contributed by atoms with Crippen LogP contribution in [0.5, 0.6) is 0 Å². The monoisotopic (exact) mass is 381 g/mol. The van der Waals surface area contributed by atoms with Gasteiger partial charge in [-0.1, -0.05) is 30.3 Å². The maximum absolute atomic E-state index is 12.4. The van der Waals surface area contributed by atoms with Crippen molar-refractivity contribution >= 4 is 11.7 Å². The van der Waals surface area contributed by atoms with E-state index in [1.54, 1.807) is 6.07 Å². The van der Waals surface area contributed by atoms with Crippen molar-refractivity contribution in [2.75, 3.05) is 44.2 Å². The van der Waals surface area contributed by atoms with E-state index in [9.17, 15) is 4.79 Å². The molecule has 4 rings (SSSR count). The molecule has 1 unspecified atom stereocenters. The zero-order chi connectivity index (χ0) is 19.2. The van der Waals surface area contributed by atoms with Crippen LogP contribution in [0.4, 0.5) is 5.82 Å². The van der Waals surface area contributed by atoms with Crippen molar-refractivity contribution in [2.24, 2.45) is 0 Å². The smallest absolute Gasteiger partial charge is 0.270 e. The number of piperazine rings is 1. The van der Waals surface area contributed by atoms with Crippen LogP contribution in [0, 0.1) is 0 Å². The SMILES string of the molecule is O=C(NCC1CCCO1)c1cc(N2CCN(Cc3ccccc3)CC2)ncn1. The Morgan fingerprint density at radius 3 is 2.71 bits per heavy atom. The minimum atomic E-state index is -0.165. The number of rotatable bonds is 6. The van der Waals surface area contributed by atoms with Gasteiger partial charge in [0.15, 0.2) is 0 Å². The first-order valence-electron chi connectivity index (χ1n) is 10.0. The van der Waals surface area contributed by atoms with E-state index in [1.807, 2.05) is 6.07 Å². The third kappa shape index (κ3) is 4.85. The molecule has 0 aliphatic carbocycles. The molecule has 1 aromatic heterocycles. The number of amides is 1. The fraction of sp³-hybridized carbons (Fsp3) is 0.476. The lowest BCUT2D eigenvalue weighted by molar-refractivity contribution is 0.0853. The first kappa shape index (κ1) is 18.8. The lowest BCUT2D eigenvalue weighted by atomic mass is 10.2. The minimum absolute atomic E-state index is 0.128. The van der Waals surface area contributed by atoms with E-state index in [0.717, 1.165) is 58.0 Å². The summed E-state index contributed by atoms with van der Waals surface area (Å²) in [5, 5.41) is 2.92. The fourth-order valence-electron chi connectivity index (χ4n) is 3.72. The summed E-state index contributed by atoms with van der Waals surface area (Å²) in [7, 11) is 0. The van der Waals surface area contributed by atoms with Crippen LogP contribution < -0.4 is 10.2 Å². The van der Waals surface area contributed by atoms with Crippen LogP contribution in [0.1, 0.15) is 28.9 Å². The number of aromatic nitrogens is 2. The molecule has 3 heterocycles. The van der Waals surface area contributed by atoms with Crippen molar-refractivity contribution < 1.29 is 9.53 Å². The summed E-state index contributed by atoms with van der Waals surface area (Å²) in [5.41, 5.74) is 1.75. The van der Waals surface area contributed by atoms with E-state index >= 15 is 0 Å². The molecule has 28 heavy (non-hydrogen) atoms. The summed E-state index contributed by atoms with van der Waals surface area (Å²) in [6.45, 7) is 6.01. The Kier molecular flexibility index (Phi) is 6.14. The van der Waals surface area contributed by atoms with E-state index in [-0.39, 0.29) is 12.0 Å². The molecule has 7 nitrogen and oxygen atoms in total. The topological polar surface area (TPSA) is 70.6 Å². The third-order valence-electron chi connectivity index (χ3n) is 5.34. The van der Waals surface area contributed by atoms with Crippen molar-refractivity contribution in [3.05, 3.63) is 54.0 Å². The molecule has 1 N–H and O–H groups in total. The zero-order valence-corrected chi connectivity index (χ0v) is 16.1. The Morgan fingerprint density at radius 1 is 1.14 bits per heavy atom. The normalized spacial score (nSPS) is 20.3. The van der Waals surface area contributed by atoms with Crippen molar-refractivity contribution in [3.8, 4) is 0 Å². The first-order chi connectivity index (χ1) is 13.8. The van der Waals surface area contributed by atoms with Crippen molar-refractivity contribution in [3.63, 3.8) is 0 Å². The average Bonchev–Trinajstić information content (AvgIpc) is 3.27. The maximum Gasteiger partial charge on any atom is 0.270 e. The molecule has 1 atom stereocenters. The average molecular weight is 381 g/mol. The number of nitrogens with zero attached hydrogens (tertiary/aromatic N) is 4. The molecule has 0 spiro atoms. The molecule has 2 aliphatic rings. The number of hydrogen-bond donors (Lipinski definition) is 1. The Morgan fingerprint density at radius 2 is 1.96 bits per heavy atom. The van der Waals surface area contributed by atoms with Gasteiger partial charge in [0.2, 0.25) is 0 Å².